The molecule has 10 rings (SSSR count). The summed E-state index contributed by atoms with van der Waals surface area (Å²) in [7, 11) is 0. The van der Waals surface area contributed by atoms with E-state index in [0.29, 0.717) is 24.2 Å². The quantitative estimate of drug-likeness (QED) is 0.587. The Kier molecular flexibility index (Phi) is 5.57. The van der Waals surface area contributed by atoms with Gasteiger partial charge in [0.05, 0.1) is 23.6 Å². The van der Waals surface area contributed by atoms with Crippen LogP contribution in [0.15, 0.2) is 70.9 Å². The monoisotopic (exact) mass is 536 g/mol. The van der Waals surface area contributed by atoms with Crippen molar-refractivity contribution >= 4 is 24.2 Å². The largest absolute Gasteiger partial charge is 0.393 e. The van der Waals surface area contributed by atoms with Crippen molar-refractivity contribution in [2.24, 2.45) is 51.1 Å². The standard InChI is InChI=1S/C33H36N4O3/c38-28-17-25(23-15-24(28)16-23)31(39)37-30(21-9-5-2-6-10-21)26(19-35-37)29-22-11-13-33(29,18-22)32(40)36-27(12-14-34-36)20-7-3-1-4-8-20/h1-10,14,19,22-30,38H,11-13,15-18H2/t22?,23?,24?,25-,26?,27?,28?,29?,30?,33?/m0/s1. The second-order valence-corrected chi connectivity index (χ2v) is 13.1. The Morgan fingerprint density at radius 2 is 1.57 bits per heavy atom. The maximum atomic E-state index is 14.4. The van der Waals surface area contributed by atoms with Gasteiger partial charge in [0.2, 0.25) is 11.8 Å². The number of hydrogen-bond donors (Lipinski definition) is 1. The summed E-state index contributed by atoms with van der Waals surface area (Å²) in [5.74, 6) is 1.25. The summed E-state index contributed by atoms with van der Waals surface area (Å²) in [6.45, 7) is 0. The topological polar surface area (TPSA) is 85.6 Å². The lowest BCUT2D eigenvalue weighted by Gasteiger charge is -2.52. The van der Waals surface area contributed by atoms with Gasteiger partial charge in [-0.1, -0.05) is 60.7 Å². The van der Waals surface area contributed by atoms with E-state index in [1.54, 1.807) is 10.0 Å². The number of nitrogens with zero attached hydrogens (tertiary/aromatic N) is 4. The summed E-state index contributed by atoms with van der Waals surface area (Å²) in [4.78, 5) is 28.5. The van der Waals surface area contributed by atoms with Gasteiger partial charge < -0.3 is 5.11 Å². The number of amides is 2. The maximum Gasteiger partial charge on any atom is 0.249 e. The molecule has 2 aromatic carbocycles. The number of fused-ring (bicyclic) bond motifs is 3. The molecule has 2 aromatic rings. The SMILES string of the molecule is O=C([C@H]1CC(O)C2CC1C2)N1N=CC(C2C3CCC2(C(=O)N2N=CCC2c2ccccc2)C3)C1c1ccccc1. The van der Waals surface area contributed by atoms with Gasteiger partial charge in [0.1, 0.15) is 0 Å². The fourth-order valence-corrected chi connectivity index (χ4v) is 9.26. The molecule has 1 N–H and O–H groups in total. The minimum absolute atomic E-state index is 0.0269. The van der Waals surface area contributed by atoms with Gasteiger partial charge >= 0.3 is 0 Å². The van der Waals surface area contributed by atoms with Gasteiger partial charge in [-0.3, -0.25) is 9.59 Å². The van der Waals surface area contributed by atoms with E-state index < -0.39 is 11.5 Å². The molecule has 7 nitrogen and oxygen atoms in total. The summed E-state index contributed by atoms with van der Waals surface area (Å²) in [6.07, 6.45) is 9.40. The van der Waals surface area contributed by atoms with Crippen LogP contribution in [0.4, 0.5) is 0 Å². The van der Waals surface area contributed by atoms with Crippen LogP contribution in [0.3, 0.4) is 0 Å². The molecule has 8 aliphatic rings. The number of carbonyl (C=O) groups is 2. The second kappa shape index (κ2) is 9.10. The van der Waals surface area contributed by atoms with Crippen molar-refractivity contribution in [3.8, 4) is 0 Å². The predicted molar refractivity (Wildman–Crippen MR) is 151 cm³/mol. The van der Waals surface area contributed by atoms with Crippen molar-refractivity contribution in [2.75, 3.05) is 0 Å². The van der Waals surface area contributed by atoms with Gasteiger partial charge in [0.15, 0.2) is 0 Å². The zero-order valence-electron chi connectivity index (χ0n) is 22.6. The second-order valence-electron chi connectivity index (χ2n) is 13.1. The number of rotatable bonds is 5. The zero-order valence-corrected chi connectivity index (χ0v) is 22.6. The Hall–Kier alpha value is -3.32. The molecule has 4 bridgehead atoms. The minimum Gasteiger partial charge on any atom is -0.393 e. The van der Waals surface area contributed by atoms with Crippen LogP contribution in [0.5, 0.6) is 0 Å². The third-order valence-corrected chi connectivity index (χ3v) is 11.3. The molecule has 2 heterocycles. The number of hydrazone groups is 2. The van der Waals surface area contributed by atoms with E-state index in [0.717, 1.165) is 49.7 Å². The lowest BCUT2D eigenvalue weighted by molar-refractivity contribution is -0.160. The Morgan fingerprint density at radius 3 is 2.27 bits per heavy atom. The lowest BCUT2D eigenvalue weighted by Crippen LogP contribution is -2.56. The maximum absolute atomic E-state index is 14.4. The van der Waals surface area contributed by atoms with Crippen LogP contribution in [0.1, 0.15) is 68.2 Å². The van der Waals surface area contributed by atoms with E-state index in [1.165, 1.54) is 0 Å². The first-order valence-corrected chi connectivity index (χ1v) is 15.1. The summed E-state index contributed by atoms with van der Waals surface area (Å²) in [6, 6.07) is 20.1. The Balaban J connectivity index is 1.10. The first kappa shape index (κ1) is 24.5. The smallest absolute Gasteiger partial charge is 0.249 e. The van der Waals surface area contributed by atoms with Crippen LogP contribution in [0.25, 0.3) is 0 Å². The number of hydrogen-bond acceptors (Lipinski definition) is 5. The molecule has 0 radical (unpaired) electrons. The normalized spacial score (nSPS) is 40.7. The van der Waals surface area contributed by atoms with Crippen molar-refractivity contribution in [1.29, 1.82) is 0 Å². The summed E-state index contributed by atoms with van der Waals surface area (Å²) >= 11 is 0. The number of carbonyl (C=O) groups excluding carboxylic acids is 2. The average Bonchev–Trinajstić information content (AvgIpc) is 3.76. The van der Waals surface area contributed by atoms with Gasteiger partial charge in [0.25, 0.3) is 0 Å². The van der Waals surface area contributed by atoms with E-state index in [2.05, 4.69) is 29.4 Å². The highest BCUT2D eigenvalue weighted by molar-refractivity contribution is 5.89. The Labute approximate surface area is 234 Å². The summed E-state index contributed by atoms with van der Waals surface area (Å²) < 4.78 is 0. The molecule has 0 aromatic heterocycles. The Morgan fingerprint density at radius 1 is 0.850 bits per heavy atom. The zero-order chi connectivity index (χ0) is 27.0. The van der Waals surface area contributed by atoms with Gasteiger partial charge in [-0.2, -0.15) is 10.2 Å². The van der Waals surface area contributed by atoms with Gasteiger partial charge in [-0.05, 0) is 73.3 Å². The first-order chi connectivity index (χ1) is 19.5. The summed E-state index contributed by atoms with van der Waals surface area (Å²) in [5, 5.41) is 23.5. The van der Waals surface area contributed by atoms with Crippen LogP contribution in [0, 0.1) is 40.9 Å². The Bertz CT molecular complexity index is 1370. The van der Waals surface area contributed by atoms with E-state index in [9.17, 15) is 14.7 Å². The van der Waals surface area contributed by atoms with Crippen LogP contribution in [-0.4, -0.2) is 45.5 Å². The van der Waals surface area contributed by atoms with E-state index in [4.69, 9.17) is 5.10 Å². The van der Waals surface area contributed by atoms with Crippen molar-refractivity contribution in [2.45, 2.75) is 63.1 Å². The predicted octanol–water partition coefficient (Wildman–Crippen LogP) is 4.95. The van der Waals surface area contributed by atoms with Crippen molar-refractivity contribution in [3.63, 3.8) is 0 Å². The summed E-state index contributed by atoms with van der Waals surface area (Å²) in [5.41, 5.74) is 1.71. The third-order valence-electron chi connectivity index (χ3n) is 11.3. The number of aliphatic hydroxyl groups is 1. The molecule has 7 heteroatoms. The van der Waals surface area contributed by atoms with E-state index >= 15 is 0 Å². The van der Waals surface area contributed by atoms with Crippen LogP contribution >= 0.6 is 0 Å². The highest BCUT2D eigenvalue weighted by Gasteiger charge is 2.68. The van der Waals surface area contributed by atoms with Crippen molar-refractivity contribution < 1.29 is 14.7 Å². The third kappa shape index (κ3) is 3.46. The molecule has 0 saturated heterocycles. The van der Waals surface area contributed by atoms with Crippen LogP contribution < -0.4 is 0 Å². The van der Waals surface area contributed by atoms with Gasteiger partial charge in [0, 0.05) is 30.7 Å². The molecule has 2 aliphatic heterocycles. The molecule has 6 fully saturated rings. The fourth-order valence-electron chi connectivity index (χ4n) is 9.26. The van der Waals surface area contributed by atoms with Crippen molar-refractivity contribution in [1.82, 2.24) is 10.0 Å². The molecule has 2 amide bonds. The van der Waals surface area contributed by atoms with Crippen LogP contribution in [0.2, 0.25) is 0 Å². The molecular weight excluding hydrogens is 500 g/mol. The number of aliphatic hydroxyl groups excluding tert-OH is 1. The lowest BCUT2D eigenvalue weighted by atomic mass is 9.53. The first-order valence-electron chi connectivity index (χ1n) is 15.1. The molecular formula is C33H36N4O3. The van der Waals surface area contributed by atoms with E-state index in [-0.39, 0.29) is 41.7 Å². The highest BCUT2D eigenvalue weighted by atomic mass is 16.3. The average molecular weight is 537 g/mol. The van der Waals surface area contributed by atoms with Crippen LogP contribution in [-0.2, 0) is 9.59 Å². The highest BCUT2D eigenvalue weighted by Crippen LogP contribution is 2.68. The molecule has 7 unspecified atom stereocenters. The minimum atomic E-state index is -0.468. The van der Waals surface area contributed by atoms with Gasteiger partial charge in [-0.15, -0.1) is 0 Å². The molecule has 6 aliphatic carbocycles. The molecule has 6 saturated carbocycles. The molecule has 8 atom stereocenters. The van der Waals surface area contributed by atoms with E-state index in [1.807, 2.05) is 48.8 Å². The molecule has 206 valence electrons. The molecule has 0 spiro atoms. The van der Waals surface area contributed by atoms with Gasteiger partial charge in [-0.25, -0.2) is 10.0 Å². The molecule has 40 heavy (non-hydrogen) atoms. The number of benzene rings is 2. The fraction of sp³-hybridized carbons (Fsp3) is 0.515. The van der Waals surface area contributed by atoms with Crippen molar-refractivity contribution in [3.05, 3.63) is 71.8 Å².